The molecule has 0 saturated heterocycles. The zero-order valence-corrected chi connectivity index (χ0v) is 8.84. The number of rotatable bonds is 4. The second-order valence-corrected chi connectivity index (χ2v) is 3.09. The SMILES string of the molecule is C=CCOC(=O)Nc1cc(O)cc(C(=O)O)c1. The molecule has 0 spiro atoms. The molecule has 6 heteroatoms. The number of carbonyl (C=O) groups is 2. The number of ether oxygens (including phenoxy) is 1. The molecule has 0 heterocycles. The lowest BCUT2D eigenvalue weighted by molar-refractivity contribution is 0.0696. The van der Waals surface area contributed by atoms with E-state index in [4.69, 9.17) is 5.11 Å². The van der Waals surface area contributed by atoms with Gasteiger partial charge in [0.1, 0.15) is 12.4 Å². The van der Waals surface area contributed by atoms with E-state index in [-0.39, 0.29) is 23.6 Å². The summed E-state index contributed by atoms with van der Waals surface area (Å²) in [5.74, 6) is -1.47. The molecular weight excluding hydrogens is 226 g/mol. The largest absolute Gasteiger partial charge is 0.508 e. The van der Waals surface area contributed by atoms with Crippen LogP contribution in [0.4, 0.5) is 10.5 Å². The molecule has 1 aromatic carbocycles. The van der Waals surface area contributed by atoms with Crippen molar-refractivity contribution in [2.24, 2.45) is 0 Å². The maximum Gasteiger partial charge on any atom is 0.411 e. The molecule has 0 radical (unpaired) electrons. The summed E-state index contributed by atoms with van der Waals surface area (Å²) in [6, 6.07) is 3.49. The summed E-state index contributed by atoms with van der Waals surface area (Å²) in [4.78, 5) is 21.8. The van der Waals surface area contributed by atoms with Crippen molar-refractivity contribution < 1.29 is 24.5 Å². The quantitative estimate of drug-likeness (QED) is 0.694. The summed E-state index contributed by atoms with van der Waals surface area (Å²) in [5.41, 5.74) is 0.000447. The monoisotopic (exact) mass is 237 g/mol. The molecule has 0 saturated carbocycles. The Hall–Kier alpha value is -2.50. The van der Waals surface area contributed by atoms with Gasteiger partial charge in [-0.25, -0.2) is 9.59 Å². The van der Waals surface area contributed by atoms with Gasteiger partial charge in [0.05, 0.1) is 5.56 Å². The number of phenolic OH excluding ortho intramolecular Hbond substituents is 1. The van der Waals surface area contributed by atoms with E-state index in [1.165, 1.54) is 18.2 Å². The summed E-state index contributed by atoms with van der Waals surface area (Å²) in [6.07, 6.45) is 0.636. The van der Waals surface area contributed by atoms with Gasteiger partial charge in [-0.15, -0.1) is 0 Å². The smallest absolute Gasteiger partial charge is 0.411 e. The molecular formula is C11H11NO5. The average Bonchev–Trinajstić information content (AvgIpc) is 2.25. The first-order valence-electron chi connectivity index (χ1n) is 4.65. The molecule has 3 N–H and O–H groups in total. The number of carbonyl (C=O) groups excluding carboxylic acids is 1. The van der Waals surface area contributed by atoms with Crippen LogP contribution in [-0.4, -0.2) is 28.9 Å². The molecule has 90 valence electrons. The third-order valence-corrected chi connectivity index (χ3v) is 1.74. The predicted molar refractivity (Wildman–Crippen MR) is 60.2 cm³/mol. The Morgan fingerprint density at radius 3 is 2.71 bits per heavy atom. The Labute approximate surface area is 97.1 Å². The number of carboxylic acid groups (broad SMARTS) is 1. The average molecular weight is 237 g/mol. The van der Waals surface area contributed by atoms with Crippen LogP contribution >= 0.6 is 0 Å². The summed E-state index contributed by atoms with van der Waals surface area (Å²) < 4.78 is 4.64. The maximum absolute atomic E-state index is 11.2. The second kappa shape index (κ2) is 5.55. The summed E-state index contributed by atoms with van der Waals surface area (Å²) >= 11 is 0. The standard InChI is InChI=1S/C11H11NO5/c1-2-3-17-11(16)12-8-4-7(10(14)15)5-9(13)6-8/h2,4-6,13H,1,3H2,(H,12,16)(H,14,15). The number of carboxylic acids is 1. The first kappa shape index (κ1) is 12.6. The van der Waals surface area contributed by atoms with Gasteiger partial charge in [0.2, 0.25) is 0 Å². The highest BCUT2D eigenvalue weighted by Crippen LogP contribution is 2.19. The van der Waals surface area contributed by atoms with Crippen molar-refractivity contribution in [3.63, 3.8) is 0 Å². The molecule has 0 fully saturated rings. The van der Waals surface area contributed by atoms with E-state index in [1.807, 2.05) is 0 Å². The fourth-order valence-corrected chi connectivity index (χ4v) is 1.10. The Balaban J connectivity index is 2.80. The van der Waals surface area contributed by atoms with E-state index in [0.29, 0.717) is 0 Å². The number of aromatic carboxylic acids is 1. The third kappa shape index (κ3) is 3.86. The topological polar surface area (TPSA) is 95.9 Å². The van der Waals surface area contributed by atoms with Crippen LogP contribution < -0.4 is 5.32 Å². The van der Waals surface area contributed by atoms with Gasteiger partial charge in [-0.1, -0.05) is 12.7 Å². The zero-order chi connectivity index (χ0) is 12.8. The Kier molecular flexibility index (Phi) is 4.10. The number of phenols is 1. The van der Waals surface area contributed by atoms with E-state index >= 15 is 0 Å². The molecule has 0 aliphatic carbocycles. The van der Waals surface area contributed by atoms with Crippen molar-refractivity contribution in [1.82, 2.24) is 0 Å². The van der Waals surface area contributed by atoms with Crippen molar-refractivity contribution >= 4 is 17.7 Å². The van der Waals surface area contributed by atoms with Gasteiger partial charge in [-0.05, 0) is 12.1 Å². The Morgan fingerprint density at radius 1 is 1.41 bits per heavy atom. The van der Waals surface area contributed by atoms with Crippen LogP contribution in [0.25, 0.3) is 0 Å². The second-order valence-electron chi connectivity index (χ2n) is 3.09. The lowest BCUT2D eigenvalue weighted by Crippen LogP contribution is -2.14. The van der Waals surface area contributed by atoms with Crippen LogP contribution in [0.2, 0.25) is 0 Å². The van der Waals surface area contributed by atoms with Gasteiger partial charge in [-0.2, -0.15) is 0 Å². The van der Waals surface area contributed by atoms with E-state index in [9.17, 15) is 14.7 Å². The fraction of sp³-hybridized carbons (Fsp3) is 0.0909. The van der Waals surface area contributed by atoms with Crippen molar-refractivity contribution in [3.05, 3.63) is 36.4 Å². The van der Waals surface area contributed by atoms with Crippen LogP contribution in [0.3, 0.4) is 0 Å². The summed E-state index contributed by atoms with van der Waals surface area (Å²) in [7, 11) is 0. The molecule has 6 nitrogen and oxygen atoms in total. The molecule has 0 atom stereocenters. The molecule has 0 unspecified atom stereocenters. The highest BCUT2D eigenvalue weighted by atomic mass is 16.5. The number of nitrogens with one attached hydrogen (secondary N) is 1. The first-order valence-corrected chi connectivity index (χ1v) is 4.65. The Bertz CT molecular complexity index is 455. The van der Waals surface area contributed by atoms with Crippen LogP contribution in [0.15, 0.2) is 30.9 Å². The maximum atomic E-state index is 11.2. The zero-order valence-electron chi connectivity index (χ0n) is 8.84. The summed E-state index contributed by atoms with van der Waals surface area (Å²) in [6.45, 7) is 3.41. The minimum Gasteiger partial charge on any atom is -0.508 e. The van der Waals surface area contributed by atoms with Gasteiger partial charge in [0, 0.05) is 11.8 Å². The minimum atomic E-state index is -1.21. The van der Waals surface area contributed by atoms with Gasteiger partial charge in [-0.3, -0.25) is 5.32 Å². The molecule has 0 aliphatic rings. The Morgan fingerprint density at radius 2 is 2.12 bits per heavy atom. The van der Waals surface area contributed by atoms with E-state index in [1.54, 1.807) is 0 Å². The molecule has 1 amide bonds. The number of hydrogen-bond acceptors (Lipinski definition) is 4. The van der Waals surface area contributed by atoms with Crippen molar-refractivity contribution in [2.45, 2.75) is 0 Å². The van der Waals surface area contributed by atoms with E-state index in [0.717, 1.165) is 6.07 Å². The van der Waals surface area contributed by atoms with Gasteiger partial charge < -0.3 is 14.9 Å². The first-order chi connectivity index (χ1) is 8.02. The van der Waals surface area contributed by atoms with Gasteiger partial charge in [0.25, 0.3) is 0 Å². The van der Waals surface area contributed by atoms with Crippen molar-refractivity contribution in [1.29, 1.82) is 0 Å². The van der Waals surface area contributed by atoms with Crippen LogP contribution in [0, 0.1) is 0 Å². The highest BCUT2D eigenvalue weighted by Gasteiger charge is 2.09. The molecule has 0 aromatic heterocycles. The lowest BCUT2D eigenvalue weighted by Gasteiger charge is -2.06. The van der Waals surface area contributed by atoms with Crippen molar-refractivity contribution in [3.8, 4) is 5.75 Å². The van der Waals surface area contributed by atoms with Crippen LogP contribution in [-0.2, 0) is 4.74 Å². The fourth-order valence-electron chi connectivity index (χ4n) is 1.10. The third-order valence-electron chi connectivity index (χ3n) is 1.74. The van der Waals surface area contributed by atoms with Crippen molar-refractivity contribution in [2.75, 3.05) is 11.9 Å². The minimum absolute atomic E-state index is 0.0381. The molecule has 1 rings (SSSR count). The normalized spacial score (nSPS) is 9.41. The molecule has 17 heavy (non-hydrogen) atoms. The number of benzene rings is 1. The number of aromatic hydroxyl groups is 1. The van der Waals surface area contributed by atoms with Gasteiger partial charge >= 0.3 is 12.1 Å². The number of hydrogen-bond donors (Lipinski definition) is 3. The summed E-state index contributed by atoms with van der Waals surface area (Å²) in [5, 5.41) is 20.3. The van der Waals surface area contributed by atoms with Crippen LogP contribution in [0.5, 0.6) is 5.75 Å². The molecule has 1 aromatic rings. The molecule has 0 aliphatic heterocycles. The van der Waals surface area contributed by atoms with E-state index < -0.39 is 12.1 Å². The predicted octanol–water partition coefficient (Wildman–Crippen LogP) is 1.82. The lowest BCUT2D eigenvalue weighted by atomic mass is 10.2. The number of amides is 1. The number of anilines is 1. The molecule has 0 bridgehead atoms. The van der Waals surface area contributed by atoms with Crippen LogP contribution in [0.1, 0.15) is 10.4 Å². The highest BCUT2D eigenvalue weighted by molar-refractivity contribution is 5.92. The van der Waals surface area contributed by atoms with Gasteiger partial charge in [0.15, 0.2) is 0 Å². The van der Waals surface area contributed by atoms with E-state index in [2.05, 4.69) is 16.6 Å².